The van der Waals surface area contributed by atoms with Crippen LogP contribution in [0.3, 0.4) is 0 Å². The molecule has 0 amide bonds. The molecule has 1 aromatic heterocycles. The molecule has 17 heavy (non-hydrogen) atoms. The standard InChI is InChI=1S/C11H14N2O2.C2H6/c1-7(2)9-5-8(11(14)15)6-12-10(9)13(3)4;1-2/h5-6H,1H2,2-4H3,(H,14,15);1-2H3. The molecule has 0 unspecified atom stereocenters. The van der Waals surface area contributed by atoms with E-state index in [-0.39, 0.29) is 5.56 Å². The lowest BCUT2D eigenvalue weighted by atomic mass is 10.1. The molecule has 0 spiro atoms. The van der Waals surface area contributed by atoms with Gasteiger partial charge in [-0.25, -0.2) is 9.78 Å². The summed E-state index contributed by atoms with van der Waals surface area (Å²) in [5, 5.41) is 8.84. The highest BCUT2D eigenvalue weighted by Gasteiger charge is 2.11. The smallest absolute Gasteiger partial charge is 0.337 e. The molecule has 0 fully saturated rings. The maximum atomic E-state index is 10.8. The van der Waals surface area contributed by atoms with E-state index in [1.165, 1.54) is 6.20 Å². The van der Waals surface area contributed by atoms with Gasteiger partial charge in [-0.05, 0) is 18.6 Å². The van der Waals surface area contributed by atoms with E-state index >= 15 is 0 Å². The van der Waals surface area contributed by atoms with Gasteiger partial charge in [-0.3, -0.25) is 0 Å². The van der Waals surface area contributed by atoms with Crippen LogP contribution >= 0.6 is 0 Å². The Bertz CT molecular complexity index is 412. The minimum atomic E-state index is -0.977. The fourth-order valence-corrected chi connectivity index (χ4v) is 1.24. The highest BCUT2D eigenvalue weighted by atomic mass is 16.4. The van der Waals surface area contributed by atoms with Crippen LogP contribution in [-0.2, 0) is 0 Å². The maximum absolute atomic E-state index is 10.8. The van der Waals surface area contributed by atoms with Crippen LogP contribution in [0.1, 0.15) is 36.7 Å². The third-order valence-corrected chi connectivity index (χ3v) is 2.00. The third kappa shape index (κ3) is 3.90. The van der Waals surface area contributed by atoms with Gasteiger partial charge in [0, 0.05) is 25.9 Å². The van der Waals surface area contributed by atoms with Gasteiger partial charge >= 0.3 is 5.97 Å². The lowest BCUT2D eigenvalue weighted by Crippen LogP contribution is -2.13. The van der Waals surface area contributed by atoms with Crippen molar-refractivity contribution in [1.29, 1.82) is 0 Å². The summed E-state index contributed by atoms with van der Waals surface area (Å²) in [6.07, 6.45) is 1.35. The molecule has 1 heterocycles. The summed E-state index contributed by atoms with van der Waals surface area (Å²) >= 11 is 0. The van der Waals surface area contributed by atoms with Gasteiger partial charge < -0.3 is 10.0 Å². The number of carboxylic acid groups (broad SMARTS) is 1. The zero-order valence-electron chi connectivity index (χ0n) is 11.1. The normalized spacial score (nSPS) is 9.00. The summed E-state index contributed by atoms with van der Waals surface area (Å²) in [5.74, 6) is -0.247. The number of pyridine rings is 1. The van der Waals surface area contributed by atoms with Gasteiger partial charge in [0.2, 0.25) is 0 Å². The Labute approximate surface area is 103 Å². The van der Waals surface area contributed by atoms with Gasteiger partial charge in [0.15, 0.2) is 0 Å². The van der Waals surface area contributed by atoms with Crippen LogP contribution in [-0.4, -0.2) is 30.2 Å². The van der Waals surface area contributed by atoms with Crippen molar-refractivity contribution in [3.05, 3.63) is 30.0 Å². The summed E-state index contributed by atoms with van der Waals surface area (Å²) < 4.78 is 0. The third-order valence-electron chi connectivity index (χ3n) is 2.00. The van der Waals surface area contributed by atoms with Crippen molar-refractivity contribution < 1.29 is 9.90 Å². The minimum Gasteiger partial charge on any atom is -0.478 e. The molecule has 0 radical (unpaired) electrons. The van der Waals surface area contributed by atoms with Crippen LogP contribution in [0.4, 0.5) is 5.82 Å². The molecule has 1 N–H and O–H groups in total. The first-order chi connectivity index (χ1) is 7.93. The van der Waals surface area contributed by atoms with E-state index in [1.54, 1.807) is 6.07 Å². The van der Waals surface area contributed by atoms with E-state index in [0.29, 0.717) is 0 Å². The molecular formula is C13H20N2O2. The van der Waals surface area contributed by atoms with Crippen molar-refractivity contribution in [3.63, 3.8) is 0 Å². The van der Waals surface area contributed by atoms with E-state index in [1.807, 2.05) is 39.8 Å². The Kier molecular flexibility index (Phi) is 5.96. The van der Waals surface area contributed by atoms with Gasteiger partial charge in [0.1, 0.15) is 5.82 Å². The van der Waals surface area contributed by atoms with Crippen LogP contribution in [0.2, 0.25) is 0 Å². The van der Waals surface area contributed by atoms with Crippen LogP contribution in [0.5, 0.6) is 0 Å². The minimum absolute atomic E-state index is 0.179. The lowest BCUT2D eigenvalue weighted by Gasteiger charge is -2.16. The second-order valence-corrected chi connectivity index (χ2v) is 3.58. The van der Waals surface area contributed by atoms with E-state index in [0.717, 1.165) is 17.0 Å². The number of aromatic carboxylic acids is 1. The summed E-state index contributed by atoms with van der Waals surface area (Å²) in [6, 6.07) is 1.59. The van der Waals surface area contributed by atoms with Crippen LogP contribution in [0, 0.1) is 0 Å². The molecule has 1 aromatic rings. The van der Waals surface area contributed by atoms with E-state index in [9.17, 15) is 4.79 Å². The number of nitrogens with zero attached hydrogens (tertiary/aromatic N) is 2. The summed E-state index contributed by atoms with van der Waals surface area (Å²) in [6.45, 7) is 9.64. The molecule has 4 nitrogen and oxygen atoms in total. The summed E-state index contributed by atoms with van der Waals surface area (Å²) in [4.78, 5) is 16.7. The molecule has 0 bridgehead atoms. The lowest BCUT2D eigenvalue weighted by molar-refractivity contribution is 0.0696. The Morgan fingerprint density at radius 1 is 1.41 bits per heavy atom. The number of hydrogen-bond donors (Lipinski definition) is 1. The average Bonchev–Trinajstić information content (AvgIpc) is 2.30. The number of carboxylic acids is 1. The SMILES string of the molecule is C=C(C)c1cc(C(=O)O)cnc1N(C)C.CC. The first-order valence-electron chi connectivity index (χ1n) is 5.50. The highest BCUT2D eigenvalue weighted by molar-refractivity contribution is 5.89. The molecule has 1 rings (SSSR count). The van der Waals surface area contributed by atoms with Gasteiger partial charge in [0.05, 0.1) is 5.56 Å². The molecule has 0 saturated carbocycles. The Hall–Kier alpha value is -1.84. The number of aromatic nitrogens is 1. The molecule has 94 valence electrons. The van der Waals surface area contributed by atoms with Crippen molar-refractivity contribution in [1.82, 2.24) is 4.98 Å². The van der Waals surface area contributed by atoms with Gasteiger partial charge in [-0.2, -0.15) is 0 Å². The van der Waals surface area contributed by atoms with Crippen LogP contribution < -0.4 is 4.90 Å². The van der Waals surface area contributed by atoms with Gasteiger partial charge in [0.25, 0.3) is 0 Å². The zero-order valence-corrected chi connectivity index (χ0v) is 11.1. The Morgan fingerprint density at radius 3 is 2.29 bits per heavy atom. The fourth-order valence-electron chi connectivity index (χ4n) is 1.24. The molecule has 0 saturated heterocycles. The van der Waals surface area contributed by atoms with Gasteiger partial charge in [-0.1, -0.05) is 20.4 Å². The molecular weight excluding hydrogens is 216 g/mol. The molecule has 0 aliphatic carbocycles. The highest BCUT2D eigenvalue weighted by Crippen LogP contribution is 2.23. The van der Waals surface area contributed by atoms with Crippen molar-refractivity contribution >= 4 is 17.4 Å². The zero-order chi connectivity index (χ0) is 13.6. The number of rotatable bonds is 3. The Balaban J connectivity index is 0.00000121. The van der Waals surface area contributed by atoms with Crippen LogP contribution in [0.15, 0.2) is 18.8 Å². The van der Waals surface area contributed by atoms with E-state index in [4.69, 9.17) is 5.11 Å². The second-order valence-electron chi connectivity index (χ2n) is 3.58. The van der Waals surface area contributed by atoms with Crippen molar-refractivity contribution in [2.45, 2.75) is 20.8 Å². The fraction of sp³-hybridized carbons (Fsp3) is 0.385. The maximum Gasteiger partial charge on any atom is 0.337 e. The molecule has 0 atom stereocenters. The number of anilines is 1. The first kappa shape index (κ1) is 15.2. The van der Waals surface area contributed by atoms with Crippen LogP contribution in [0.25, 0.3) is 5.57 Å². The quantitative estimate of drug-likeness (QED) is 0.876. The van der Waals surface area contributed by atoms with E-state index in [2.05, 4.69) is 11.6 Å². The van der Waals surface area contributed by atoms with Crippen molar-refractivity contribution in [2.75, 3.05) is 19.0 Å². The molecule has 0 aromatic carbocycles. The van der Waals surface area contributed by atoms with Gasteiger partial charge in [-0.15, -0.1) is 0 Å². The number of carbonyl (C=O) groups is 1. The van der Waals surface area contributed by atoms with E-state index < -0.39 is 5.97 Å². The second kappa shape index (κ2) is 6.68. The number of allylic oxidation sites excluding steroid dienone is 1. The summed E-state index contributed by atoms with van der Waals surface area (Å²) in [7, 11) is 3.71. The topological polar surface area (TPSA) is 53.4 Å². The molecule has 0 aliphatic rings. The Morgan fingerprint density at radius 2 is 1.94 bits per heavy atom. The average molecular weight is 236 g/mol. The van der Waals surface area contributed by atoms with Crippen molar-refractivity contribution in [2.24, 2.45) is 0 Å². The predicted molar refractivity (Wildman–Crippen MR) is 71.6 cm³/mol. The number of hydrogen-bond acceptors (Lipinski definition) is 3. The monoisotopic (exact) mass is 236 g/mol. The largest absolute Gasteiger partial charge is 0.478 e. The van der Waals surface area contributed by atoms with Crippen molar-refractivity contribution in [3.8, 4) is 0 Å². The molecule has 0 aliphatic heterocycles. The molecule has 4 heteroatoms. The predicted octanol–water partition coefficient (Wildman–Crippen LogP) is 2.91. The first-order valence-corrected chi connectivity index (χ1v) is 5.50. The summed E-state index contributed by atoms with van der Waals surface area (Å²) in [5.41, 5.74) is 1.74.